The largest absolute Gasteiger partial charge is 0.0801 e. The first kappa shape index (κ1) is 8.27. The first-order chi connectivity index (χ1) is 6.36. The molecule has 0 saturated heterocycles. The molecule has 13 heavy (non-hydrogen) atoms. The summed E-state index contributed by atoms with van der Waals surface area (Å²) in [5.41, 5.74) is 2.40. The Morgan fingerprint density at radius 2 is 1.31 bits per heavy atom. The second-order valence-corrected chi connectivity index (χ2v) is 3.28. The molecule has 2 aromatic rings. The van der Waals surface area contributed by atoms with Crippen LogP contribution in [0.5, 0.6) is 0 Å². The molecular formula is C12H8S. The molecule has 1 heteroatoms. The van der Waals surface area contributed by atoms with Crippen LogP contribution in [-0.4, -0.2) is 0 Å². The van der Waals surface area contributed by atoms with E-state index in [2.05, 4.69) is 6.07 Å². The van der Waals surface area contributed by atoms with Crippen LogP contribution >= 0.6 is 12.6 Å². The summed E-state index contributed by atoms with van der Waals surface area (Å²) in [4.78, 5) is 0.881. The average Bonchev–Trinajstić information content (AvgIpc) is 2.20. The van der Waals surface area contributed by atoms with E-state index in [1.54, 1.807) is 0 Å². The van der Waals surface area contributed by atoms with E-state index >= 15 is 0 Å². The molecule has 0 aliphatic carbocycles. The second-order valence-electron chi connectivity index (χ2n) is 2.81. The van der Waals surface area contributed by atoms with Crippen molar-refractivity contribution in [3.63, 3.8) is 0 Å². The van der Waals surface area contributed by atoms with Crippen LogP contribution in [0.3, 0.4) is 0 Å². The number of rotatable bonds is 1. The number of hydrogen-bond acceptors (Lipinski definition) is 0. The third kappa shape index (κ3) is 1.87. The standard InChI is InChI=1S/C12H8S/c13-12-8-6-11(7-9-12)10-4-2-1-3-5-10/h2-9H. The van der Waals surface area contributed by atoms with Crippen molar-refractivity contribution >= 4 is 12.6 Å². The van der Waals surface area contributed by atoms with Crippen LogP contribution < -0.4 is 0 Å². The van der Waals surface area contributed by atoms with Crippen molar-refractivity contribution in [1.82, 2.24) is 0 Å². The summed E-state index contributed by atoms with van der Waals surface area (Å²) in [7, 11) is 0. The van der Waals surface area contributed by atoms with Crippen molar-refractivity contribution in [2.24, 2.45) is 0 Å². The lowest BCUT2D eigenvalue weighted by atomic mass is 10.1. The third-order valence-corrected chi connectivity index (χ3v) is 2.18. The van der Waals surface area contributed by atoms with Crippen LogP contribution in [0.25, 0.3) is 11.1 Å². The van der Waals surface area contributed by atoms with Gasteiger partial charge in [0.2, 0.25) is 0 Å². The monoisotopic (exact) mass is 184 g/mol. The zero-order chi connectivity index (χ0) is 9.10. The van der Waals surface area contributed by atoms with Crippen molar-refractivity contribution in [3.8, 4) is 11.1 Å². The van der Waals surface area contributed by atoms with Gasteiger partial charge < -0.3 is 0 Å². The fraction of sp³-hybridized carbons (Fsp3) is 0. The second kappa shape index (κ2) is 3.58. The molecule has 0 nitrogen and oxygen atoms in total. The lowest BCUT2D eigenvalue weighted by molar-refractivity contribution is 1.47. The Morgan fingerprint density at radius 3 is 1.92 bits per heavy atom. The molecule has 0 spiro atoms. The quantitative estimate of drug-likeness (QED) is 0.633. The minimum Gasteiger partial charge on any atom is -0.0801 e. The van der Waals surface area contributed by atoms with Crippen LogP contribution in [0.1, 0.15) is 0 Å². The van der Waals surface area contributed by atoms with Crippen molar-refractivity contribution in [2.45, 2.75) is 4.90 Å². The van der Waals surface area contributed by atoms with E-state index < -0.39 is 0 Å². The van der Waals surface area contributed by atoms with Crippen LogP contribution in [0.15, 0.2) is 53.4 Å². The Bertz CT molecular complexity index is 376. The Labute approximate surface area is 83.6 Å². The fourth-order valence-corrected chi connectivity index (χ4v) is 1.36. The summed E-state index contributed by atoms with van der Waals surface area (Å²) < 4.78 is 0. The summed E-state index contributed by atoms with van der Waals surface area (Å²) in [6, 6.07) is 18.9. The predicted octanol–water partition coefficient (Wildman–Crippen LogP) is 3.71. The van der Waals surface area contributed by atoms with Crippen LogP contribution in [-0.2, 0) is 0 Å². The van der Waals surface area contributed by atoms with Gasteiger partial charge in [0.15, 0.2) is 0 Å². The zero-order valence-corrected chi connectivity index (χ0v) is 7.84. The topological polar surface area (TPSA) is 0 Å². The highest BCUT2D eigenvalue weighted by atomic mass is 32.1. The van der Waals surface area contributed by atoms with Crippen molar-refractivity contribution in [1.29, 1.82) is 0 Å². The summed E-state index contributed by atoms with van der Waals surface area (Å²) in [6.07, 6.45) is 0. The summed E-state index contributed by atoms with van der Waals surface area (Å²) in [5, 5.41) is 0. The Morgan fingerprint density at radius 1 is 0.769 bits per heavy atom. The highest BCUT2D eigenvalue weighted by Crippen LogP contribution is 2.19. The zero-order valence-electron chi connectivity index (χ0n) is 7.03. The van der Waals surface area contributed by atoms with Crippen LogP contribution in [0, 0.1) is 6.07 Å². The van der Waals surface area contributed by atoms with Crippen molar-refractivity contribution < 1.29 is 0 Å². The van der Waals surface area contributed by atoms with E-state index in [-0.39, 0.29) is 0 Å². The molecule has 0 fully saturated rings. The molecule has 2 rings (SSSR count). The first-order valence-electron chi connectivity index (χ1n) is 4.10. The van der Waals surface area contributed by atoms with Gasteiger partial charge in [0.05, 0.1) is 0 Å². The average molecular weight is 184 g/mol. The van der Waals surface area contributed by atoms with Gasteiger partial charge in [0.25, 0.3) is 0 Å². The number of hydrogen-bond donors (Lipinski definition) is 0. The summed E-state index contributed by atoms with van der Waals surface area (Å²) in [6.45, 7) is 0. The number of benzene rings is 2. The minimum atomic E-state index is 0.881. The highest BCUT2D eigenvalue weighted by Gasteiger charge is 1.94. The van der Waals surface area contributed by atoms with Gasteiger partial charge in [-0.2, -0.15) is 0 Å². The van der Waals surface area contributed by atoms with E-state index in [1.165, 1.54) is 11.1 Å². The van der Waals surface area contributed by atoms with Crippen molar-refractivity contribution in [2.75, 3.05) is 0 Å². The SMILES string of the molecule is [S]c1ccc(-c2cc[c]cc2)cc1. The van der Waals surface area contributed by atoms with Gasteiger partial charge in [-0.15, -0.1) is 0 Å². The molecular weight excluding hydrogens is 176 g/mol. The van der Waals surface area contributed by atoms with Gasteiger partial charge in [0.1, 0.15) is 0 Å². The highest BCUT2D eigenvalue weighted by molar-refractivity contribution is 7.80. The molecule has 0 amide bonds. The molecule has 2 aromatic carbocycles. The molecule has 0 heterocycles. The van der Waals surface area contributed by atoms with E-state index in [0.717, 1.165) is 4.90 Å². The Balaban J connectivity index is 2.42. The van der Waals surface area contributed by atoms with Gasteiger partial charge in [-0.1, -0.05) is 49.0 Å². The summed E-state index contributed by atoms with van der Waals surface area (Å²) in [5.74, 6) is 0. The van der Waals surface area contributed by atoms with E-state index in [9.17, 15) is 0 Å². The lowest BCUT2D eigenvalue weighted by Gasteiger charge is -1.99. The van der Waals surface area contributed by atoms with Crippen LogP contribution in [0.4, 0.5) is 0 Å². The maximum atomic E-state index is 5.02. The molecule has 0 aliphatic heterocycles. The van der Waals surface area contributed by atoms with Crippen LogP contribution in [0.2, 0.25) is 0 Å². The smallest absolute Gasteiger partial charge is 0.0377 e. The molecule has 0 bridgehead atoms. The maximum Gasteiger partial charge on any atom is 0.0377 e. The van der Waals surface area contributed by atoms with Gasteiger partial charge in [-0.05, 0) is 29.3 Å². The van der Waals surface area contributed by atoms with Gasteiger partial charge in [-0.3, -0.25) is 0 Å². The minimum absolute atomic E-state index is 0.881. The van der Waals surface area contributed by atoms with Gasteiger partial charge >= 0.3 is 0 Å². The molecule has 0 atom stereocenters. The molecule has 0 unspecified atom stereocenters. The molecule has 0 saturated carbocycles. The lowest BCUT2D eigenvalue weighted by Crippen LogP contribution is -1.75. The molecule has 0 aromatic heterocycles. The van der Waals surface area contributed by atoms with E-state index in [1.807, 2.05) is 48.5 Å². The summed E-state index contributed by atoms with van der Waals surface area (Å²) >= 11 is 5.02. The molecule has 2 radical (unpaired) electrons. The first-order valence-corrected chi connectivity index (χ1v) is 4.51. The predicted molar refractivity (Wildman–Crippen MR) is 56.6 cm³/mol. The molecule has 0 N–H and O–H groups in total. The Kier molecular flexibility index (Phi) is 2.28. The molecule has 0 aliphatic rings. The van der Waals surface area contributed by atoms with E-state index in [0.29, 0.717) is 0 Å². The Hall–Kier alpha value is -1.34. The van der Waals surface area contributed by atoms with Crippen molar-refractivity contribution in [3.05, 3.63) is 54.6 Å². The van der Waals surface area contributed by atoms with Gasteiger partial charge in [0, 0.05) is 4.90 Å². The van der Waals surface area contributed by atoms with E-state index in [4.69, 9.17) is 12.6 Å². The fourth-order valence-electron chi connectivity index (χ4n) is 1.23. The maximum absolute atomic E-state index is 5.02. The molecule has 62 valence electrons. The third-order valence-electron chi connectivity index (χ3n) is 1.91. The normalized spacial score (nSPS) is 9.85. The van der Waals surface area contributed by atoms with Gasteiger partial charge in [-0.25, -0.2) is 0 Å².